The number of hydrogen-bond donors (Lipinski definition) is 0. The van der Waals surface area contributed by atoms with Gasteiger partial charge in [-0.15, -0.1) is 0 Å². The van der Waals surface area contributed by atoms with Gasteiger partial charge in [-0.25, -0.2) is 4.79 Å². The molecule has 0 aliphatic heterocycles. The van der Waals surface area contributed by atoms with Crippen LogP contribution in [-0.2, 0) is 16.1 Å². The van der Waals surface area contributed by atoms with Crippen molar-refractivity contribution in [3.63, 3.8) is 0 Å². The van der Waals surface area contributed by atoms with Crippen molar-refractivity contribution in [2.24, 2.45) is 0 Å². The Morgan fingerprint density at radius 2 is 1.86 bits per heavy atom. The molecule has 0 bridgehead atoms. The number of likely N-dealkylation sites (N-methyl/N-ethyl adjacent to an activating group) is 1. The minimum Gasteiger partial charge on any atom is -0.496 e. The quantitative estimate of drug-likeness (QED) is 0.412. The van der Waals surface area contributed by atoms with E-state index in [0.29, 0.717) is 6.54 Å². The molecule has 0 fully saturated rings. The van der Waals surface area contributed by atoms with Gasteiger partial charge in [-0.1, -0.05) is 23.8 Å². The molecule has 28 heavy (non-hydrogen) atoms. The molecule has 0 N–H and O–H groups in total. The van der Waals surface area contributed by atoms with Crippen molar-refractivity contribution in [2.45, 2.75) is 20.4 Å². The molecule has 0 aromatic heterocycles. The van der Waals surface area contributed by atoms with Gasteiger partial charge in [-0.05, 0) is 31.0 Å². The van der Waals surface area contributed by atoms with E-state index >= 15 is 0 Å². The van der Waals surface area contributed by atoms with Gasteiger partial charge >= 0.3 is 5.97 Å². The lowest BCUT2D eigenvalue weighted by Gasteiger charge is -2.19. The Balaban J connectivity index is 2.02. The van der Waals surface area contributed by atoms with Gasteiger partial charge in [0.15, 0.2) is 6.61 Å². The van der Waals surface area contributed by atoms with Crippen molar-refractivity contribution in [1.29, 1.82) is 0 Å². The van der Waals surface area contributed by atoms with Crippen molar-refractivity contribution in [3.05, 3.63) is 68.8 Å². The van der Waals surface area contributed by atoms with E-state index < -0.39 is 23.4 Å². The molecule has 0 saturated carbocycles. The highest BCUT2D eigenvalue weighted by Crippen LogP contribution is 2.24. The van der Waals surface area contributed by atoms with Crippen LogP contribution in [0.5, 0.6) is 5.75 Å². The topological polar surface area (TPSA) is 99.0 Å². The van der Waals surface area contributed by atoms with Crippen LogP contribution in [0.2, 0.25) is 0 Å². The van der Waals surface area contributed by atoms with Gasteiger partial charge in [0.2, 0.25) is 0 Å². The van der Waals surface area contributed by atoms with Gasteiger partial charge in [-0.3, -0.25) is 14.9 Å². The number of aryl methyl sites for hydroxylation is 2. The van der Waals surface area contributed by atoms with Crippen molar-refractivity contribution >= 4 is 17.6 Å². The first-order chi connectivity index (χ1) is 13.2. The van der Waals surface area contributed by atoms with E-state index in [9.17, 15) is 19.7 Å². The smallest absolute Gasteiger partial charge is 0.342 e. The van der Waals surface area contributed by atoms with Crippen LogP contribution in [0, 0.1) is 24.0 Å². The number of carbonyl (C=O) groups is 2. The fraction of sp³-hybridized carbons (Fsp3) is 0.300. The van der Waals surface area contributed by atoms with E-state index in [1.165, 1.54) is 24.1 Å². The molecule has 1 amide bonds. The molecule has 0 atom stereocenters. The Hall–Kier alpha value is -3.42. The SMILES string of the molecule is COc1ccc([N+](=O)[O-])cc1C(=O)OCC(=O)N(C)Cc1ccc(C)cc1C. The second kappa shape index (κ2) is 8.98. The first-order valence-electron chi connectivity index (χ1n) is 8.52. The molecule has 0 saturated heterocycles. The number of non-ortho nitro benzene ring substituents is 1. The zero-order valence-corrected chi connectivity index (χ0v) is 16.2. The lowest BCUT2D eigenvalue weighted by molar-refractivity contribution is -0.384. The van der Waals surface area contributed by atoms with Crippen LogP contribution in [0.15, 0.2) is 36.4 Å². The average Bonchev–Trinajstić information content (AvgIpc) is 2.67. The maximum atomic E-state index is 12.3. The lowest BCUT2D eigenvalue weighted by Crippen LogP contribution is -2.31. The number of carbonyl (C=O) groups excluding carboxylic acids is 2. The maximum absolute atomic E-state index is 12.3. The zero-order valence-electron chi connectivity index (χ0n) is 16.2. The van der Waals surface area contributed by atoms with Crippen LogP contribution < -0.4 is 4.74 Å². The van der Waals surface area contributed by atoms with Gasteiger partial charge < -0.3 is 14.4 Å². The summed E-state index contributed by atoms with van der Waals surface area (Å²) in [7, 11) is 2.95. The molecule has 0 spiro atoms. The van der Waals surface area contributed by atoms with Crippen molar-refractivity contribution in [2.75, 3.05) is 20.8 Å². The van der Waals surface area contributed by atoms with Crippen molar-refractivity contribution in [1.82, 2.24) is 4.90 Å². The molecule has 148 valence electrons. The molecule has 2 aromatic carbocycles. The largest absolute Gasteiger partial charge is 0.496 e. The third kappa shape index (κ3) is 5.06. The normalized spacial score (nSPS) is 10.3. The highest BCUT2D eigenvalue weighted by Gasteiger charge is 2.20. The molecule has 2 rings (SSSR count). The standard InChI is InChI=1S/C20H22N2O6/c1-13-5-6-15(14(2)9-13)11-21(3)19(23)12-28-20(24)17-10-16(22(25)26)7-8-18(17)27-4/h5-10H,11-12H2,1-4H3. The van der Waals surface area contributed by atoms with E-state index in [0.717, 1.165) is 22.8 Å². The van der Waals surface area contributed by atoms with Gasteiger partial charge in [-0.2, -0.15) is 0 Å². The predicted molar refractivity (Wildman–Crippen MR) is 102 cm³/mol. The summed E-state index contributed by atoms with van der Waals surface area (Å²) < 4.78 is 10.1. The number of esters is 1. The third-order valence-corrected chi connectivity index (χ3v) is 4.27. The first kappa shape index (κ1) is 20.9. The molecule has 2 aromatic rings. The highest BCUT2D eigenvalue weighted by atomic mass is 16.6. The summed E-state index contributed by atoms with van der Waals surface area (Å²) in [5.74, 6) is -1.13. The number of nitro benzene ring substituents is 1. The van der Waals surface area contributed by atoms with Gasteiger partial charge in [0.25, 0.3) is 11.6 Å². The molecule has 0 aliphatic carbocycles. The minimum absolute atomic E-state index is 0.110. The Kier molecular flexibility index (Phi) is 6.70. The predicted octanol–water partition coefficient (Wildman–Crippen LogP) is 3.04. The van der Waals surface area contributed by atoms with E-state index in [2.05, 4.69) is 0 Å². The Morgan fingerprint density at radius 1 is 1.14 bits per heavy atom. The lowest BCUT2D eigenvalue weighted by atomic mass is 10.1. The Morgan fingerprint density at radius 3 is 2.46 bits per heavy atom. The number of ether oxygens (including phenoxy) is 2. The van der Waals surface area contributed by atoms with E-state index in [4.69, 9.17) is 9.47 Å². The van der Waals surface area contributed by atoms with Gasteiger partial charge in [0, 0.05) is 25.7 Å². The van der Waals surface area contributed by atoms with Crippen molar-refractivity contribution < 1.29 is 24.0 Å². The summed E-state index contributed by atoms with van der Waals surface area (Å²) in [5, 5.41) is 10.9. The highest BCUT2D eigenvalue weighted by molar-refractivity contribution is 5.94. The van der Waals surface area contributed by atoms with Gasteiger partial charge in [0.1, 0.15) is 11.3 Å². The second-order valence-electron chi connectivity index (χ2n) is 6.40. The molecule has 8 nitrogen and oxygen atoms in total. The zero-order chi connectivity index (χ0) is 20.8. The number of nitro groups is 1. The number of rotatable bonds is 7. The van der Waals surface area contributed by atoms with Crippen LogP contribution in [0.25, 0.3) is 0 Å². The summed E-state index contributed by atoms with van der Waals surface area (Å²) in [5.41, 5.74) is 2.81. The molecule has 0 radical (unpaired) electrons. The molecule has 0 aliphatic rings. The molecule has 0 heterocycles. The number of benzene rings is 2. The minimum atomic E-state index is -0.867. The molecular formula is C20H22N2O6. The van der Waals surface area contributed by atoms with Crippen LogP contribution in [-0.4, -0.2) is 42.5 Å². The van der Waals surface area contributed by atoms with Crippen LogP contribution in [0.1, 0.15) is 27.0 Å². The number of amides is 1. The summed E-state index contributed by atoms with van der Waals surface area (Å²) in [6.07, 6.45) is 0. The number of nitrogens with zero attached hydrogens (tertiary/aromatic N) is 2. The van der Waals surface area contributed by atoms with Crippen LogP contribution in [0.3, 0.4) is 0 Å². The fourth-order valence-corrected chi connectivity index (χ4v) is 2.65. The summed E-state index contributed by atoms with van der Waals surface area (Å²) in [4.78, 5) is 36.3. The molecule has 8 heteroatoms. The van der Waals surface area contributed by atoms with E-state index in [1.807, 2.05) is 32.0 Å². The number of hydrogen-bond acceptors (Lipinski definition) is 6. The monoisotopic (exact) mass is 386 g/mol. The van der Waals surface area contributed by atoms with Crippen molar-refractivity contribution in [3.8, 4) is 5.75 Å². The maximum Gasteiger partial charge on any atom is 0.342 e. The average molecular weight is 386 g/mol. The Bertz CT molecular complexity index is 910. The van der Waals surface area contributed by atoms with E-state index in [-0.39, 0.29) is 17.0 Å². The van der Waals surface area contributed by atoms with Crippen LogP contribution in [0.4, 0.5) is 5.69 Å². The summed E-state index contributed by atoms with van der Waals surface area (Å²) in [6.45, 7) is 3.86. The summed E-state index contributed by atoms with van der Waals surface area (Å²) in [6, 6.07) is 9.54. The van der Waals surface area contributed by atoms with Crippen LogP contribution >= 0.6 is 0 Å². The molecule has 0 unspecified atom stereocenters. The summed E-state index contributed by atoms with van der Waals surface area (Å²) >= 11 is 0. The second-order valence-corrected chi connectivity index (χ2v) is 6.40. The third-order valence-electron chi connectivity index (χ3n) is 4.27. The van der Waals surface area contributed by atoms with E-state index in [1.54, 1.807) is 7.05 Å². The fourth-order valence-electron chi connectivity index (χ4n) is 2.65. The Labute approximate surface area is 162 Å². The number of methoxy groups -OCH3 is 1. The van der Waals surface area contributed by atoms with Gasteiger partial charge in [0.05, 0.1) is 12.0 Å². The molecular weight excluding hydrogens is 364 g/mol. The first-order valence-corrected chi connectivity index (χ1v) is 8.52.